The van der Waals surface area contributed by atoms with Crippen LogP contribution < -0.4 is 15.4 Å². The predicted octanol–water partition coefficient (Wildman–Crippen LogP) is 0.0559. The lowest BCUT2D eigenvalue weighted by atomic mass is 9.32. The minimum Gasteiger partial charge on any atom is -0.480 e. The zero-order chi connectivity index (χ0) is 20.1. The highest BCUT2D eigenvalue weighted by Gasteiger charge is 2.54. The van der Waals surface area contributed by atoms with E-state index in [0.29, 0.717) is 28.8 Å². The fraction of sp³-hybridized carbons (Fsp3) is 0.500. The molecule has 1 aliphatic carbocycles. The number of hydrogen-bond donors (Lipinski definition) is 2. The molecule has 0 radical (unpaired) electrons. The molecule has 0 unspecified atom stereocenters. The third-order valence-corrected chi connectivity index (χ3v) is 7.26. The van der Waals surface area contributed by atoms with Gasteiger partial charge < -0.3 is 15.4 Å². The number of carbonyl (C=O) groups is 1. The summed E-state index contributed by atoms with van der Waals surface area (Å²) in [6.45, 7) is 0.685. The Balaban J connectivity index is 1.75. The van der Waals surface area contributed by atoms with Crippen molar-refractivity contribution in [1.82, 2.24) is 20.3 Å². The van der Waals surface area contributed by atoms with E-state index >= 15 is 0 Å². The third-order valence-electron chi connectivity index (χ3n) is 5.57. The van der Waals surface area contributed by atoms with E-state index in [9.17, 15) is 4.79 Å². The summed E-state index contributed by atoms with van der Waals surface area (Å²) in [6.07, 6.45) is 4.66. The Kier molecular flexibility index (Phi) is 4.98. The highest BCUT2D eigenvalue weighted by molar-refractivity contribution is 9.10. The number of aromatic nitrogens is 3. The minimum absolute atomic E-state index is 0.0733. The molecular formula is C16H21B3BrN5O2S. The highest BCUT2D eigenvalue weighted by atomic mass is 79.9. The van der Waals surface area contributed by atoms with Crippen molar-refractivity contribution in [3.8, 4) is 5.88 Å². The van der Waals surface area contributed by atoms with Crippen molar-refractivity contribution in [3.63, 3.8) is 0 Å². The lowest BCUT2D eigenvalue weighted by molar-refractivity contribution is -0.123. The molecule has 12 heteroatoms. The Hall–Kier alpha value is -1.55. The summed E-state index contributed by atoms with van der Waals surface area (Å²) in [4.78, 5) is 26.7. The number of thiazole rings is 1. The Labute approximate surface area is 179 Å². The molecule has 2 aromatic heterocycles. The van der Waals surface area contributed by atoms with Crippen LogP contribution in [-0.2, 0) is 10.2 Å². The van der Waals surface area contributed by atoms with Crippen LogP contribution in [0.25, 0.3) is 0 Å². The molecule has 0 spiro atoms. The Morgan fingerprint density at radius 1 is 1.39 bits per heavy atom. The first-order valence-electron chi connectivity index (χ1n) is 9.39. The van der Waals surface area contributed by atoms with Crippen LogP contribution >= 0.6 is 27.3 Å². The van der Waals surface area contributed by atoms with Gasteiger partial charge in [0.05, 0.1) is 52.4 Å². The van der Waals surface area contributed by atoms with Crippen LogP contribution in [0.15, 0.2) is 10.7 Å². The van der Waals surface area contributed by atoms with Crippen molar-refractivity contribution in [3.05, 3.63) is 21.4 Å². The molecule has 28 heavy (non-hydrogen) atoms. The molecular weight excluding hydrogens is 439 g/mol. The van der Waals surface area contributed by atoms with Crippen molar-refractivity contribution in [2.75, 3.05) is 19.0 Å². The van der Waals surface area contributed by atoms with Crippen molar-refractivity contribution in [2.45, 2.75) is 35.7 Å². The summed E-state index contributed by atoms with van der Waals surface area (Å²) in [5.74, 6) is 1.44. The van der Waals surface area contributed by atoms with Crippen LogP contribution in [0.3, 0.4) is 0 Å². The smallest absolute Gasteiger partial charge is 0.232 e. The van der Waals surface area contributed by atoms with Gasteiger partial charge in [0.1, 0.15) is 10.0 Å². The quantitative estimate of drug-likeness (QED) is 0.594. The summed E-state index contributed by atoms with van der Waals surface area (Å²) in [5, 5.41) is 7.91. The van der Waals surface area contributed by atoms with Gasteiger partial charge in [-0.2, -0.15) is 4.98 Å². The van der Waals surface area contributed by atoms with Crippen LogP contribution in [-0.4, -0.2) is 58.1 Å². The fourth-order valence-electron chi connectivity index (χ4n) is 3.76. The molecule has 2 N–H and O–H groups in total. The van der Waals surface area contributed by atoms with Crippen molar-refractivity contribution < 1.29 is 9.53 Å². The van der Waals surface area contributed by atoms with Gasteiger partial charge in [0.25, 0.3) is 0 Å². The number of amides is 1. The molecule has 144 valence electrons. The summed E-state index contributed by atoms with van der Waals surface area (Å²) in [5.41, 5.74) is 0.410. The monoisotopic (exact) mass is 459 g/mol. The standard InChI is InChI=1S/C16H21B3BrN5O2S/c1-27-10-8(20)6-22-14(24-10)25-11-9(7-2-3-7)23-13(28-11)15(16(17,18)19)4-5-21-12(15)26/h6-7H,2-5,17-19H2,1H3,(H,21,26)(H,22,24,25)/t15-/m1/s1. The Morgan fingerprint density at radius 3 is 2.71 bits per heavy atom. The normalized spacial score (nSPS) is 22.1. The van der Waals surface area contributed by atoms with E-state index in [1.54, 1.807) is 24.6 Å². The van der Waals surface area contributed by atoms with Gasteiger partial charge in [-0.1, -0.05) is 16.4 Å². The van der Waals surface area contributed by atoms with Crippen LogP contribution in [0.2, 0.25) is 5.11 Å². The molecule has 1 aliphatic heterocycles. The summed E-state index contributed by atoms with van der Waals surface area (Å²) < 4.78 is 5.97. The Bertz CT molecular complexity index is 933. The highest BCUT2D eigenvalue weighted by Crippen LogP contribution is 2.52. The maximum absolute atomic E-state index is 12.9. The topological polar surface area (TPSA) is 89.0 Å². The maximum Gasteiger partial charge on any atom is 0.232 e. The lowest BCUT2D eigenvalue weighted by Crippen LogP contribution is -2.47. The van der Waals surface area contributed by atoms with Crippen LogP contribution in [0, 0.1) is 0 Å². The third kappa shape index (κ3) is 3.24. The second-order valence-electron chi connectivity index (χ2n) is 8.34. The number of hydrogen-bond acceptors (Lipinski definition) is 7. The summed E-state index contributed by atoms with van der Waals surface area (Å²) >= 11 is 4.93. The van der Waals surface area contributed by atoms with E-state index in [2.05, 4.69) is 60.1 Å². The molecule has 4 rings (SSSR count). The van der Waals surface area contributed by atoms with Gasteiger partial charge in [0.15, 0.2) is 0 Å². The summed E-state index contributed by atoms with van der Waals surface area (Å²) in [7, 11) is 7.92. The van der Waals surface area contributed by atoms with Gasteiger partial charge in [-0.05, 0) is 35.2 Å². The molecule has 3 heterocycles. The van der Waals surface area contributed by atoms with E-state index in [1.165, 1.54) is 0 Å². The van der Waals surface area contributed by atoms with Gasteiger partial charge >= 0.3 is 0 Å². The average molecular weight is 460 g/mol. The minimum atomic E-state index is -0.612. The largest absolute Gasteiger partial charge is 0.480 e. The van der Waals surface area contributed by atoms with E-state index < -0.39 is 5.41 Å². The zero-order valence-corrected chi connectivity index (χ0v) is 18.8. The Morgan fingerprint density at radius 2 is 2.14 bits per heavy atom. The second kappa shape index (κ2) is 7.05. The lowest BCUT2D eigenvalue weighted by Gasteiger charge is -2.38. The second-order valence-corrected chi connectivity index (χ2v) is 10.2. The van der Waals surface area contributed by atoms with E-state index in [0.717, 1.165) is 35.0 Å². The molecule has 0 aromatic carbocycles. The van der Waals surface area contributed by atoms with Crippen molar-refractivity contribution in [2.24, 2.45) is 0 Å². The number of halogens is 1. The van der Waals surface area contributed by atoms with E-state index in [-0.39, 0.29) is 11.0 Å². The first-order chi connectivity index (χ1) is 13.3. The van der Waals surface area contributed by atoms with Gasteiger partial charge in [-0.25, -0.2) is 9.97 Å². The van der Waals surface area contributed by atoms with Crippen molar-refractivity contribution in [1.29, 1.82) is 0 Å². The first kappa shape index (κ1) is 19.8. The zero-order valence-electron chi connectivity index (χ0n) is 16.4. The number of anilines is 2. The maximum atomic E-state index is 12.9. The molecule has 1 atom stereocenters. The average Bonchev–Trinajstić information content (AvgIpc) is 3.27. The number of ether oxygens (including phenoxy) is 1. The fourth-order valence-corrected chi connectivity index (χ4v) is 5.59. The summed E-state index contributed by atoms with van der Waals surface area (Å²) in [6, 6.07) is 0. The molecule has 1 saturated heterocycles. The van der Waals surface area contributed by atoms with Crippen molar-refractivity contribution >= 4 is 67.7 Å². The molecule has 0 bridgehead atoms. The predicted molar refractivity (Wildman–Crippen MR) is 121 cm³/mol. The first-order valence-corrected chi connectivity index (χ1v) is 11.0. The van der Waals surface area contributed by atoms with Crippen LogP contribution in [0.5, 0.6) is 5.88 Å². The van der Waals surface area contributed by atoms with Crippen LogP contribution in [0.1, 0.15) is 35.9 Å². The molecule has 1 saturated carbocycles. The SMILES string of the molecule is BC(B)(B)[C@]1(c2nc(C3CC3)c(Nc3ncc(Br)c(OC)n3)s2)CCNC1=O. The number of methoxy groups -OCH3 is 1. The number of carbonyl (C=O) groups excluding carboxylic acids is 1. The molecule has 2 fully saturated rings. The van der Waals surface area contributed by atoms with E-state index in [1.807, 2.05) is 0 Å². The van der Waals surface area contributed by atoms with Crippen LogP contribution in [0.4, 0.5) is 10.9 Å². The van der Waals surface area contributed by atoms with Gasteiger partial charge in [0, 0.05) is 12.5 Å². The number of nitrogens with zero attached hydrogens (tertiary/aromatic N) is 3. The number of rotatable bonds is 6. The van der Waals surface area contributed by atoms with Gasteiger partial charge in [-0.3, -0.25) is 4.79 Å². The van der Waals surface area contributed by atoms with Gasteiger partial charge in [0.2, 0.25) is 17.7 Å². The number of nitrogens with one attached hydrogen (secondary N) is 2. The molecule has 2 aromatic rings. The molecule has 7 nitrogen and oxygen atoms in total. The van der Waals surface area contributed by atoms with Gasteiger partial charge in [-0.15, -0.1) is 0 Å². The molecule has 1 amide bonds. The molecule has 2 aliphatic rings. The van der Waals surface area contributed by atoms with E-state index in [4.69, 9.17) is 9.72 Å².